The van der Waals surface area contributed by atoms with Crippen LogP contribution in [-0.2, 0) is 11.2 Å². The van der Waals surface area contributed by atoms with Crippen LogP contribution in [0.3, 0.4) is 0 Å². The van der Waals surface area contributed by atoms with Gasteiger partial charge in [0.05, 0.1) is 0 Å². The molecule has 0 amide bonds. The maximum Gasteiger partial charge on any atom is 0.303 e. The van der Waals surface area contributed by atoms with Gasteiger partial charge in [0, 0.05) is 28.5 Å². The Kier molecular flexibility index (Phi) is 4.44. The van der Waals surface area contributed by atoms with Crippen molar-refractivity contribution in [2.45, 2.75) is 26.7 Å². The molecule has 0 aromatic carbocycles. The summed E-state index contributed by atoms with van der Waals surface area (Å²) >= 11 is 3.33. The van der Waals surface area contributed by atoms with Gasteiger partial charge in [-0.15, -0.1) is 0 Å². The topological polar surface area (TPSA) is 76.0 Å². The number of carboxylic acids is 1. The van der Waals surface area contributed by atoms with Gasteiger partial charge in [0.2, 0.25) is 0 Å². The van der Waals surface area contributed by atoms with Crippen LogP contribution in [0.1, 0.15) is 23.4 Å². The molecular weight excluding hydrogens is 322 g/mol. The van der Waals surface area contributed by atoms with E-state index in [9.17, 15) is 4.79 Å². The molecular formula is C14H14BrN3O2. The number of aliphatic carboxylic acids is 1. The zero-order valence-corrected chi connectivity index (χ0v) is 12.8. The highest BCUT2D eigenvalue weighted by atomic mass is 79.9. The molecule has 104 valence electrons. The van der Waals surface area contributed by atoms with Crippen LogP contribution >= 0.6 is 15.9 Å². The third-order valence-corrected chi connectivity index (χ3v) is 3.44. The molecule has 20 heavy (non-hydrogen) atoms. The minimum Gasteiger partial charge on any atom is -0.481 e. The van der Waals surface area contributed by atoms with Gasteiger partial charge >= 0.3 is 5.97 Å². The Morgan fingerprint density at radius 1 is 1.25 bits per heavy atom. The molecule has 0 aliphatic heterocycles. The van der Waals surface area contributed by atoms with Gasteiger partial charge in [0.15, 0.2) is 5.82 Å². The minimum absolute atomic E-state index is 0.0842. The zero-order valence-electron chi connectivity index (χ0n) is 11.2. The van der Waals surface area contributed by atoms with Gasteiger partial charge in [-0.2, -0.15) is 0 Å². The first-order chi connectivity index (χ1) is 9.47. The van der Waals surface area contributed by atoms with Crippen molar-refractivity contribution < 1.29 is 9.90 Å². The second-order valence-corrected chi connectivity index (χ2v) is 5.37. The van der Waals surface area contributed by atoms with Crippen molar-refractivity contribution in [1.82, 2.24) is 15.0 Å². The lowest BCUT2D eigenvalue weighted by Gasteiger charge is -2.09. The molecule has 0 unspecified atom stereocenters. The van der Waals surface area contributed by atoms with Gasteiger partial charge in [0.1, 0.15) is 5.69 Å². The molecule has 0 aliphatic carbocycles. The summed E-state index contributed by atoms with van der Waals surface area (Å²) in [6, 6.07) is 3.73. The molecule has 0 fully saturated rings. The first kappa shape index (κ1) is 14.6. The van der Waals surface area contributed by atoms with Crippen molar-refractivity contribution in [2.75, 3.05) is 0 Å². The third kappa shape index (κ3) is 3.39. The van der Waals surface area contributed by atoms with E-state index in [1.807, 2.05) is 26.0 Å². The number of nitrogens with zero attached hydrogens (tertiary/aromatic N) is 3. The standard InChI is InChI=1S/C14H14BrN3O2/c1-8-11(4-6-13(19)20)9(2)18-14(17-8)12-5-3-10(15)7-16-12/h3,5,7H,4,6H2,1-2H3,(H,19,20). The molecule has 1 N–H and O–H groups in total. The molecule has 6 heteroatoms. The summed E-state index contributed by atoms with van der Waals surface area (Å²) in [4.78, 5) is 23.8. The molecule has 0 aliphatic rings. The summed E-state index contributed by atoms with van der Waals surface area (Å²) in [5.74, 6) is -0.256. The molecule has 0 spiro atoms. The average Bonchev–Trinajstić information content (AvgIpc) is 2.38. The number of halogens is 1. The lowest BCUT2D eigenvalue weighted by atomic mass is 10.1. The van der Waals surface area contributed by atoms with Crippen LogP contribution < -0.4 is 0 Å². The van der Waals surface area contributed by atoms with E-state index in [1.165, 1.54) is 0 Å². The second-order valence-electron chi connectivity index (χ2n) is 4.45. The summed E-state index contributed by atoms with van der Waals surface area (Å²) in [5.41, 5.74) is 3.20. The summed E-state index contributed by atoms with van der Waals surface area (Å²) in [6.45, 7) is 3.74. The van der Waals surface area contributed by atoms with Gasteiger partial charge in [-0.3, -0.25) is 9.78 Å². The van der Waals surface area contributed by atoms with Crippen molar-refractivity contribution in [1.29, 1.82) is 0 Å². The third-order valence-electron chi connectivity index (χ3n) is 2.97. The number of aromatic nitrogens is 3. The Morgan fingerprint density at radius 3 is 2.40 bits per heavy atom. The first-order valence-electron chi connectivity index (χ1n) is 6.15. The normalized spacial score (nSPS) is 10.6. The van der Waals surface area contributed by atoms with Crippen molar-refractivity contribution >= 4 is 21.9 Å². The monoisotopic (exact) mass is 335 g/mol. The van der Waals surface area contributed by atoms with E-state index < -0.39 is 5.97 Å². The van der Waals surface area contributed by atoms with Crippen molar-refractivity contribution in [3.8, 4) is 11.5 Å². The van der Waals surface area contributed by atoms with Crippen molar-refractivity contribution in [3.05, 3.63) is 39.8 Å². The molecule has 0 saturated carbocycles. The fourth-order valence-corrected chi connectivity index (χ4v) is 2.19. The number of carbonyl (C=O) groups is 1. The summed E-state index contributed by atoms with van der Waals surface area (Å²) < 4.78 is 0.896. The molecule has 5 nitrogen and oxygen atoms in total. The summed E-state index contributed by atoms with van der Waals surface area (Å²) in [7, 11) is 0. The maximum atomic E-state index is 10.7. The van der Waals surface area contributed by atoms with Gasteiger partial charge in [0.25, 0.3) is 0 Å². The highest BCUT2D eigenvalue weighted by Crippen LogP contribution is 2.19. The fourth-order valence-electron chi connectivity index (χ4n) is 1.96. The van der Waals surface area contributed by atoms with Gasteiger partial charge < -0.3 is 5.11 Å². The smallest absolute Gasteiger partial charge is 0.303 e. The predicted octanol–water partition coefficient (Wildman–Crippen LogP) is 2.94. The fraction of sp³-hybridized carbons (Fsp3) is 0.286. The molecule has 2 aromatic heterocycles. The highest BCUT2D eigenvalue weighted by molar-refractivity contribution is 9.10. The van der Waals surface area contributed by atoms with Crippen molar-refractivity contribution in [2.24, 2.45) is 0 Å². The highest BCUT2D eigenvalue weighted by Gasteiger charge is 2.12. The van der Waals surface area contributed by atoms with Crippen molar-refractivity contribution in [3.63, 3.8) is 0 Å². The minimum atomic E-state index is -0.817. The van der Waals surface area contributed by atoms with Gasteiger partial charge in [-0.1, -0.05) is 0 Å². The van der Waals surface area contributed by atoms with E-state index in [1.54, 1.807) is 6.20 Å². The van der Waals surface area contributed by atoms with E-state index >= 15 is 0 Å². The van der Waals surface area contributed by atoms with E-state index in [4.69, 9.17) is 5.11 Å². The van der Waals surface area contributed by atoms with Crippen LogP contribution in [0.15, 0.2) is 22.8 Å². The van der Waals surface area contributed by atoms with Gasteiger partial charge in [-0.05, 0) is 53.9 Å². The molecule has 2 rings (SSSR count). The second kappa shape index (κ2) is 6.09. The number of rotatable bonds is 4. The van der Waals surface area contributed by atoms with Crippen LogP contribution in [0.2, 0.25) is 0 Å². The van der Waals surface area contributed by atoms with E-state index in [0.29, 0.717) is 17.9 Å². The maximum absolute atomic E-state index is 10.7. The molecule has 0 bridgehead atoms. The lowest BCUT2D eigenvalue weighted by Crippen LogP contribution is -2.06. The number of carboxylic acid groups (broad SMARTS) is 1. The van der Waals surface area contributed by atoms with Crippen LogP contribution in [0, 0.1) is 13.8 Å². The number of hydrogen-bond acceptors (Lipinski definition) is 4. The number of aryl methyl sites for hydroxylation is 2. The quantitative estimate of drug-likeness (QED) is 0.929. The lowest BCUT2D eigenvalue weighted by molar-refractivity contribution is -0.136. The number of pyridine rings is 1. The predicted molar refractivity (Wildman–Crippen MR) is 78.4 cm³/mol. The SMILES string of the molecule is Cc1nc(-c2ccc(Br)cn2)nc(C)c1CCC(=O)O. The van der Waals surface area contributed by atoms with Crippen LogP contribution in [0.4, 0.5) is 0 Å². The van der Waals surface area contributed by atoms with Crippen LogP contribution in [0.5, 0.6) is 0 Å². The summed E-state index contributed by atoms with van der Waals surface area (Å²) in [5, 5.41) is 8.76. The molecule has 0 atom stereocenters. The molecule has 0 saturated heterocycles. The molecule has 2 heterocycles. The van der Waals surface area contributed by atoms with Crippen LogP contribution in [0.25, 0.3) is 11.5 Å². The summed E-state index contributed by atoms with van der Waals surface area (Å²) in [6.07, 6.45) is 2.23. The Labute approximate surface area is 125 Å². The number of hydrogen-bond donors (Lipinski definition) is 1. The van der Waals surface area contributed by atoms with E-state index in [-0.39, 0.29) is 6.42 Å². The van der Waals surface area contributed by atoms with E-state index in [2.05, 4.69) is 30.9 Å². The zero-order chi connectivity index (χ0) is 14.7. The van der Waals surface area contributed by atoms with E-state index in [0.717, 1.165) is 21.4 Å². The Bertz CT molecular complexity index is 618. The van der Waals surface area contributed by atoms with Crippen LogP contribution in [-0.4, -0.2) is 26.0 Å². The molecule has 0 radical (unpaired) electrons. The largest absolute Gasteiger partial charge is 0.481 e. The Morgan fingerprint density at radius 2 is 1.90 bits per heavy atom. The average molecular weight is 336 g/mol. The first-order valence-corrected chi connectivity index (χ1v) is 6.94. The Hall–Kier alpha value is -1.82. The Balaban J connectivity index is 2.34. The molecule has 2 aromatic rings. The van der Waals surface area contributed by atoms with Gasteiger partial charge in [-0.25, -0.2) is 9.97 Å².